The number of halogens is 3. The first-order valence-corrected chi connectivity index (χ1v) is 16.5. The Kier molecular flexibility index (Phi) is 7.33. The highest BCUT2D eigenvalue weighted by Gasteiger charge is 2.77. The van der Waals surface area contributed by atoms with Gasteiger partial charge in [-0.05, 0) is 91.6 Å². The van der Waals surface area contributed by atoms with Gasteiger partial charge >= 0.3 is 0 Å². The molecule has 8 rings (SSSR count). The number of carbonyl (C=O) groups excluding carboxylic acids is 4. The fourth-order valence-electron chi connectivity index (χ4n) is 7.98. The van der Waals surface area contributed by atoms with Crippen molar-refractivity contribution in [3.05, 3.63) is 120 Å². The summed E-state index contributed by atoms with van der Waals surface area (Å²) in [5.74, 6) is -6.19. The summed E-state index contributed by atoms with van der Waals surface area (Å²) in [6, 6.07) is 24.4. The molecule has 4 amide bonds. The van der Waals surface area contributed by atoms with Crippen LogP contribution >= 0.6 is 23.2 Å². The Morgan fingerprint density at radius 3 is 2.12 bits per heavy atom. The number of nitrogens with one attached hydrogen (secondary N) is 1. The van der Waals surface area contributed by atoms with Crippen LogP contribution in [0.2, 0.25) is 0 Å². The number of fused-ring (bicyclic) bond motifs is 4. The molecule has 0 bridgehead atoms. The lowest BCUT2D eigenvalue weighted by molar-refractivity contribution is -0.125. The number of imide groups is 2. The van der Waals surface area contributed by atoms with Crippen molar-refractivity contribution in [2.45, 2.75) is 35.1 Å². The van der Waals surface area contributed by atoms with Crippen molar-refractivity contribution in [2.75, 3.05) is 15.1 Å². The van der Waals surface area contributed by atoms with E-state index in [1.165, 1.54) is 23.1 Å². The zero-order chi connectivity index (χ0) is 34.2. The highest BCUT2D eigenvalue weighted by Crippen LogP contribution is 2.66. The first kappa shape index (κ1) is 31.5. The summed E-state index contributed by atoms with van der Waals surface area (Å²) in [6.07, 6.45) is 1.77. The van der Waals surface area contributed by atoms with Crippen molar-refractivity contribution in [3.8, 4) is 0 Å². The fourth-order valence-corrected chi connectivity index (χ4v) is 8.90. The van der Waals surface area contributed by atoms with Crippen LogP contribution in [0.4, 0.5) is 27.1 Å². The van der Waals surface area contributed by atoms with Crippen molar-refractivity contribution in [1.82, 2.24) is 0 Å². The number of furan rings is 1. The van der Waals surface area contributed by atoms with E-state index >= 15 is 0 Å². The number of aliphatic hydroxyl groups excluding tert-OH is 1. The Balaban J connectivity index is 1.18. The maximum absolute atomic E-state index is 14.4. The second kappa shape index (κ2) is 11.4. The lowest BCUT2D eigenvalue weighted by atomic mass is 9.57. The van der Waals surface area contributed by atoms with Crippen LogP contribution in [0.3, 0.4) is 0 Å². The molecule has 3 heterocycles. The van der Waals surface area contributed by atoms with Crippen LogP contribution in [0, 0.1) is 23.6 Å². The molecule has 0 spiro atoms. The van der Waals surface area contributed by atoms with Crippen molar-refractivity contribution in [3.63, 3.8) is 0 Å². The van der Waals surface area contributed by atoms with E-state index in [-0.39, 0.29) is 36.0 Å². The van der Waals surface area contributed by atoms with Crippen molar-refractivity contribution in [2.24, 2.45) is 17.8 Å². The van der Waals surface area contributed by atoms with Crippen LogP contribution in [0.25, 0.3) is 0 Å². The number of hydrogen-bond donors (Lipinski definition) is 2. The maximum atomic E-state index is 14.4. The Hall–Kier alpha value is -4.77. The average molecular weight is 701 g/mol. The second-order valence-electron chi connectivity index (χ2n) is 12.8. The minimum absolute atomic E-state index is 0.0819. The standard InChI is InChI=1S/C37H28Cl2FN3O6/c38-36-18-28-26(15-16-27-30(28)33(46)42(32(27)45)23-12-8-22(9-13-23)41-21-4-2-1-3-5-21)31(29-17-14-25(19-44)49-29)37(36,39)35(48)43(34(36)47)24-10-6-20(40)7-11-24/h1-15,17,27-28,30-31,41,44H,16,18-19H2/t27-,28+,30-,31+,36+,37-/m0/s1. The molecule has 3 aromatic carbocycles. The normalized spacial score (nSPS) is 29.1. The van der Waals surface area contributed by atoms with Crippen LogP contribution in [0.15, 0.2) is 107 Å². The number of alkyl halides is 2. The smallest absolute Gasteiger partial charge is 0.258 e. The van der Waals surface area contributed by atoms with Gasteiger partial charge in [-0.1, -0.05) is 29.8 Å². The molecule has 0 radical (unpaired) electrons. The van der Waals surface area contributed by atoms with Gasteiger partial charge in [0.05, 0.1) is 29.1 Å². The molecule has 3 fully saturated rings. The van der Waals surface area contributed by atoms with Gasteiger partial charge in [0.1, 0.15) is 23.9 Å². The summed E-state index contributed by atoms with van der Waals surface area (Å²) in [6.45, 7) is -0.433. The first-order valence-electron chi connectivity index (χ1n) is 15.8. The van der Waals surface area contributed by atoms with Crippen molar-refractivity contribution < 1.29 is 33.1 Å². The number of hydrogen-bond acceptors (Lipinski definition) is 7. The number of nitrogens with zero attached hydrogens (tertiary/aromatic N) is 2. The number of amides is 4. The number of carbonyl (C=O) groups is 4. The molecule has 9 nitrogen and oxygen atoms in total. The van der Waals surface area contributed by atoms with Crippen LogP contribution < -0.4 is 15.1 Å². The summed E-state index contributed by atoms with van der Waals surface area (Å²) < 4.78 is 19.8. The minimum atomic E-state index is -2.12. The van der Waals surface area contributed by atoms with Gasteiger partial charge in [-0.2, -0.15) is 0 Å². The van der Waals surface area contributed by atoms with Gasteiger partial charge in [-0.25, -0.2) is 9.29 Å². The van der Waals surface area contributed by atoms with Gasteiger partial charge in [0, 0.05) is 11.4 Å². The summed E-state index contributed by atoms with van der Waals surface area (Å²) in [7, 11) is 0. The summed E-state index contributed by atoms with van der Waals surface area (Å²) in [5.41, 5.74) is 2.68. The SMILES string of the molecule is O=C1[C@H]2[C@H](CC=C3[C@H]2C[C@@]2(Cl)C(=O)N(c4ccc(F)cc4)C(=O)[C@@]2(Cl)[C@H]3c2ccc(CO)o2)C(=O)N1c1ccc(Nc2ccccc2)cc1. The monoisotopic (exact) mass is 699 g/mol. The molecule has 248 valence electrons. The molecule has 2 saturated heterocycles. The highest BCUT2D eigenvalue weighted by atomic mass is 35.5. The van der Waals surface area contributed by atoms with E-state index in [4.69, 9.17) is 27.6 Å². The van der Waals surface area contributed by atoms with Crippen molar-refractivity contribution in [1.29, 1.82) is 0 Å². The molecule has 0 unspecified atom stereocenters. The molecule has 6 atom stereocenters. The van der Waals surface area contributed by atoms with Crippen LogP contribution in [-0.2, 0) is 25.8 Å². The fraction of sp³-hybridized carbons (Fsp3) is 0.243. The zero-order valence-electron chi connectivity index (χ0n) is 25.7. The van der Waals surface area contributed by atoms with Crippen LogP contribution in [0.1, 0.15) is 30.3 Å². The van der Waals surface area contributed by atoms with E-state index in [2.05, 4.69) is 5.32 Å². The zero-order valence-corrected chi connectivity index (χ0v) is 27.2. The Labute approximate surface area is 289 Å². The van der Waals surface area contributed by atoms with Gasteiger partial charge in [0.25, 0.3) is 11.8 Å². The number of benzene rings is 3. The quantitative estimate of drug-likeness (QED) is 0.135. The summed E-state index contributed by atoms with van der Waals surface area (Å²) in [5, 5.41) is 13.1. The number of anilines is 4. The van der Waals surface area contributed by atoms with E-state index in [9.17, 15) is 28.7 Å². The molecule has 4 aromatic rings. The molecule has 2 N–H and O–H groups in total. The second-order valence-corrected chi connectivity index (χ2v) is 14.0. The largest absolute Gasteiger partial charge is 0.463 e. The topological polar surface area (TPSA) is 120 Å². The third kappa shape index (κ3) is 4.54. The van der Waals surface area contributed by atoms with Crippen molar-refractivity contribution >= 4 is 69.6 Å². The number of aliphatic hydroxyl groups is 1. The van der Waals surface area contributed by atoms with Gasteiger partial charge in [0.2, 0.25) is 11.8 Å². The molecular formula is C37H28Cl2FN3O6. The third-order valence-corrected chi connectivity index (χ3v) is 11.6. The van der Waals surface area contributed by atoms with Crippen LogP contribution in [0.5, 0.6) is 0 Å². The van der Waals surface area contributed by atoms with E-state index in [0.29, 0.717) is 11.3 Å². The Morgan fingerprint density at radius 2 is 1.45 bits per heavy atom. The molecule has 1 saturated carbocycles. The van der Waals surface area contributed by atoms with Gasteiger partial charge in [0.15, 0.2) is 9.75 Å². The predicted molar refractivity (Wildman–Crippen MR) is 180 cm³/mol. The van der Waals surface area contributed by atoms with E-state index in [1.807, 2.05) is 30.3 Å². The Morgan fingerprint density at radius 1 is 0.796 bits per heavy atom. The van der Waals surface area contributed by atoms with Gasteiger partial charge in [-0.15, -0.1) is 23.2 Å². The molecule has 4 aliphatic rings. The van der Waals surface area contributed by atoms with Gasteiger partial charge in [-0.3, -0.25) is 24.1 Å². The molecular weight excluding hydrogens is 672 g/mol. The number of rotatable bonds is 6. The molecule has 2 aliphatic carbocycles. The van der Waals surface area contributed by atoms with Crippen LogP contribution in [-0.4, -0.2) is 38.5 Å². The lowest BCUT2D eigenvalue weighted by Crippen LogP contribution is -2.60. The Bertz CT molecular complexity index is 2050. The third-order valence-electron chi connectivity index (χ3n) is 10.2. The maximum Gasteiger partial charge on any atom is 0.258 e. The average Bonchev–Trinajstić information content (AvgIpc) is 3.72. The molecule has 2 aliphatic heterocycles. The van der Waals surface area contributed by atoms with E-state index < -0.39 is 63.6 Å². The lowest BCUT2D eigenvalue weighted by Gasteiger charge is -2.49. The number of para-hydroxylation sites is 1. The number of allylic oxidation sites excluding steroid dienone is 2. The predicted octanol–water partition coefficient (Wildman–Crippen LogP) is 6.42. The molecule has 1 aromatic heterocycles. The van der Waals surface area contributed by atoms with E-state index in [1.54, 1.807) is 36.4 Å². The van der Waals surface area contributed by atoms with E-state index in [0.717, 1.165) is 28.4 Å². The summed E-state index contributed by atoms with van der Waals surface area (Å²) >= 11 is 14.7. The molecule has 12 heteroatoms. The first-order chi connectivity index (χ1) is 23.6. The molecule has 49 heavy (non-hydrogen) atoms. The highest BCUT2D eigenvalue weighted by molar-refractivity contribution is 6.58. The van der Waals surface area contributed by atoms with Gasteiger partial charge < -0.3 is 14.8 Å². The summed E-state index contributed by atoms with van der Waals surface area (Å²) in [4.78, 5) is 54.8. The minimum Gasteiger partial charge on any atom is -0.463 e.